The Hall–Kier alpha value is -2.10. The first-order valence-electron chi connectivity index (χ1n) is 5.71. The third-order valence-corrected chi connectivity index (χ3v) is 1.80. The van der Waals surface area contributed by atoms with Crippen LogP contribution in [0.2, 0.25) is 0 Å². The molecule has 1 aromatic carbocycles. The molecule has 0 aliphatic heterocycles. The Morgan fingerprint density at radius 1 is 1.28 bits per heavy atom. The molecule has 0 heterocycles. The zero-order valence-electron chi connectivity index (χ0n) is 10.9. The number of carbonyl (C=O) groups is 1. The monoisotopic (exact) mass is 246 g/mol. The first kappa shape index (κ1) is 14.0. The lowest BCUT2D eigenvalue weighted by atomic mass is 10.2. The van der Waals surface area contributed by atoms with Gasteiger partial charge in [-0.25, -0.2) is 10.2 Å². The summed E-state index contributed by atoms with van der Waals surface area (Å²) in [6.45, 7) is 5.39. The lowest BCUT2D eigenvalue weighted by Crippen LogP contribution is -2.29. The Bertz CT molecular complexity index is 431. The van der Waals surface area contributed by atoms with Gasteiger partial charge in [-0.3, -0.25) is 0 Å². The SMILES string of the molecule is CC(C)(C)OC(=O)N/N=C\C=C\c1ccccc1. The van der Waals surface area contributed by atoms with Crippen LogP contribution in [0.15, 0.2) is 41.5 Å². The normalized spacial score (nSPS) is 11.9. The maximum absolute atomic E-state index is 11.2. The van der Waals surface area contributed by atoms with E-state index in [1.54, 1.807) is 26.8 Å². The Labute approximate surface area is 107 Å². The molecule has 0 spiro atoms. The molecular formula is C14H18N2O2. The minimum atomic E-state index is -0.563. The van der Waals surface area contributed by atoms with Gasteiger partial charge in [0.1, 0.15) is 5.60 Å². The molecule has 0 atom stereocenters. The first-order chi connectivity index (χ1) is 8.47. The molecule has 0 unspecified atom stereocenters. The predicted molar refractivity (Wildman–Crippen MR) is 73.3 cm³/mol. The third-order valence-electron chi connectivity index (χ3n) is 1.80. The molecule has 0 bridgehead atoms. The molecular weight excluding hydrogens is 228 g/mol. The highest BCUT2D eigenvalue weighted by molar-refractivity contribution is 5.79. The number of hydrogen-bond acceptors (Lipinski definition) is 3. The van der Waals surface area contributed by atoms with Gasteiger partial charge in [-0.2, -0.15) is 5.10 Å². The van der Waals surface area contributed by atoms with Gasteiger partial charge in [0.2, 0.25) is 0 Å². The highest BCUT2D eigenvalue weighted by Gasteiger charge is 2.14. The summed E-state index contributed by atoms with van der Waals surface area (Å²) in [6, 6.07) is 9.82. The lowest BCUT2D eigenvalue weighted by molar-refractivity contribution is 0.0529. The fourth-order valence-electron chi connectivity index (χ4n) is 1.15. The van der Waals surface area contributed by atoms with Crippen LogP contribution in [-0.2, 0) is 4.74 Å². The smallest absolute Gasteiger partial charge is 0.428 e. The van der Waals surface area contributed by atoms with Gasteiger partial charge in [-0.1, -0.05) is 36.4 Å². The number of rotatable bonds is 3. The van der Waals surface area contributed by atoms with Crippen molar-refractivity contribution in [3.8, 4) is 0 Å². The number of hydrazone groups is 1. The van der Waals surface area contributed by atoms with Crippen molar-refractivity contribution in [1.82, 2.24) is 5.43 Å². The number of nitrogens with zero attached hydrogens (tertiary/aromatic N) is 1. The van der Waals surface area contributed by atoms with Crippen LogP contribution in [0.25, 0.3) is 6.08 Å². The number of carbonyl (C=O) groups excluding carboxylic acids is 1. The maximum atomic E-state index is 11.2. The Kier molecular flexibility index (Phi) is 5.11. The second-order valence-corrected chi connectivity index (χ2v) is 4.66. The molecule has 0 aliphatic rings. The van der Waals surface area contributed by atoms with Crippen LogP contribution in [-0.4, -0.2) is 17.9 Å². The van der Waals surface area contributed by atoms with Crippen LogP contribution >= 0.6 is 0 Å². The number of amides is 1. The quantitative estimate of drug-likeness (QED) is 0.657. The van der Waals surface area contributed by atoms with Gasteiger partial charge >= 0.3 is 6.09 Å². The average Bonchev–Trinajstić information content (AvgIpc) is 2.27. The third kappa shape index (κ3) is 6.48. The zero-order chi connectivity index (χ0) is 13.4. The van der Waals surface area contributed by atoms with Crippen molar-refractivity contribution in [2.75, 3.05) is 0 Å². The summed E-state index contributed by atoms with van der Waals surface area (Å²) in [4.78, 5) is 11.2. The minimum Gasteiger partial charge on any atom is -0.443 e. The standard InChI is InChI=1S/C14H18N2O2/c1-14(2,3)18-13(17)16-15-11-7-10-12-8-5-4-6-9-12/h4-11H,1-3H3,(H,16,17)/b10-7+,15-11-. The summed E-state index contributed by atoms with van der Waals surface area (Å²) in [7, 11) is 0. The van der Waals surface area contributed by atoms with Crippen molar-refractivity contribution >= 4 is 18.4 Å². The second kappa shape index (κ2) is 6.59. The maximum Gasteiger partial charge on any atom is 0.428 e. The van der Waals surface area contributed by atoms with Crippen molar-refractivity contribution in [2.45, 2.75) is 26.4 Å². The van der Waals surface area contributed by atoms with E-state index in [1.165, 1.54) is 6.21 Å². The van der Waals surface area contributed by atoms with Gasteiger partial charge in [-0.05, 0) is 32.4 Å². The fraction of sp³-hybridized carbons (Fsp3) is 0.286. The molecule has 0 saturated carbocycles. The molecule has 1 rings (SSSR count). The predicted octanol–water partition coefficient (Wildman–Crippen LogP) is 3.21. The van der Waals surface area contributed by atoms with Gasteiger partial charge in [0.15, 0.2) is 0 Å². The fourth-order valence-corrected chi connectivity index (χ4v) is 1.15. The Balaban J connectivity index is 2.34. The molecule has 96 valence electrons. The molecule has 1 N–H and O–H groups in total. The van der Waals surface area contributed by atoms with E-state index in [9.17, 15) is 4.79 Å². The van der Waals surface area contributed by atoms with E-state index >= 15 is 0 Å². The van der Waals surface area contributed by atoms with E-state index in [-0.39, 0.29) is 0 Å². The van der Waals surface area contributed by atoms with Gasteiger partial charge in [0.05, 0.1) is 0 Å². The molecule has 18 heavy (non-hydrogen) atoms. The number of ether oxygens (including phenoxy) is 1. The second-order valence-electron chi connectivity index (χ2n) is 4.66. The molecule has 0 fully saturated rings. The number of hydrogen-bond donors (Lipinski definition) is 1. The van der Waals surface area contributed by atoms with Crippen molar-refractivity contribution in [1.29, 1.82) is 0 Å². The molecule has 0 aliphatic carbocycles. The van der Waals surface area contributed by atoms with Crippen LogP contribution in [0.4, 0.5) is 4.79 Å². The molecule has 4 heteroatoms. The summed E-state index contributed by atoms with van der Waals surface area (Å²) in [5.41, 5.74) is 2.84. The van der Waals surface area contributed by atoms with Gasteiger partial charge < -0.3 is 4.74 Å². The summed E-state index contributed by atoms with van der Waals surface area (Å²) >= 11 is 0. The summed E-state index contributed by atoms with van der Waals surface area (Å²) in [5, 5.41) is 3.73. The van der Waals surface area contributed by atoms with E-state index in [0.29, 0.717) is 0 Å². The molecule has 4 nitrogen and oxygen atoms in total. The highest BCUT2D eigenvalue weighted by atomic mass is 16.6. The van der Waals surface area contributed by atoms with Gasteiger partial charge in [0, 0.05) is 6.21 Å². The van der Waals surface area contributed by atoms with Gasteiger partial charge in [-0.15, -0.1) is 0 Å². The van der Waals surface area contributed by atoms with Crippen LogP contribution in [0, 0.1) is 0 Å². The molecule has 0 aromatic heterocycles. The van der Waals surface area contributed by atoms with E-state index in [1.807, 2.05) is 36.4 Å². The number of allylic oxidation sites excluding steroid dienone is 1. The van der Waals surface area contributed by atoms with Crippen molar-refractivity contribution < 1.29 is 9.53 Å². The summed E-state index contributed by atoms with van der Waals surface area (Å²) in [5.74, 6) is 0. The van der Waals surface area contributed by atoms with Crippen molar-refractivity contribution in [3.05, 3.63) is 42.0 Å². The molecule has 0 radical (unpaired) electrons. The van der Waals surface area contributed by atoms with Crippen LogP contribution in [0.5, 0.6) is 0 Å². The summed E-state index contributed by atoms with van der Waals surface area (Å²) < 4.78 is 5.01. The van der Waals surface area contributed by atoms with Crippen LogP contribution in [0.1, 0.15) is 26.3 Å². The highest BCUT2D eigenvalue weighted by Crippen LogP contribution is 2.06. The van der Waals surface area contributed by atoms with Crippen molar-refractivity contribution in [2.24, 2.45) is 5.10 Å². The van der Waals surface area contributed by atoms with Crippen LogP contribution < -0.4 is 5.43 Å². The van der Waals surface area contributed by atoms with E-state index < -0.39 is 11.7 Å². The minimum absolute atomic E-state index is 0.514. The Morgan fingerprint density at radius 2 is 1.94 bits per heavy atom. The number of benzene rings is 1. The topological polar surface area (TPSA) is 50.7 Å². The largest absolute Gasteiger partial charge is 0.443 e. The van der Waals surface area contributed by atoms with E-state index in [2.05, 4.69) is 10.5 Å². The van der Waals surface area contributed by atoms with Gasteiger partial charge in [0.25, 0.3) is 0 Å². The zero-order valence-corrected chi connectivity index (χ0v) is 10.9. The number of nitrogens with one attached hydrogen (secondary N) is 1. The van der Waals surface area contributed by atoms with Crippen LogP contribution in [0.3, 0.4) is 0 Å². The lowest BCUT2D eigenvalue weighted by Gasteiger charge is -2.18. The van der Waals surface area contributed by atoms with E-state index in [4.69, 9.17) is 4.74 Å². The van der Waals surface area contributed by atoms with Crippen molar-refractivity contribution in [3.63, 3.8) is 0 Å². The van der Waals surface area contributed by atoms with E-state index in [0.717, 1.165) is 5.56 Å². The average molecular weight is 246 g/mol. The molecule has 1 amide bonds. The molecule has 1 aromatic rings. The summed E-state index contributed by atoms with van der Waals surface area (Å²) in [6.07, 6.45) is 4.57. The first-order valence-corrected chi connectivity index (χ1v) is 5.71. The Morgan fingerprint density at radius 3 is 2.56 bits per heavy atom. The molecule has 0 saturated heterocycles.